The van der Waals surface area contributed by atoms with Gasteiger partial charge in [0.1, 0.15) is 5.82 Å². The van der Waals surface area contributed by atoms with Gasteiger partial charge >= 0.3 is 0 Å². The molecule has 0 aliphatic heterocycles. The maximum atomic E-state index is 4.38. The van der Waals surface area contributed by atoms with Crippen LogP contribution in [0.2, 0.25) is 0 Å². The van der Waals surface area contributed by atoms with Crippen LogP contribution in [0.25, 0.3) is 0 Å². The second kappa shape index (κ2) is 6.15. The minimum Gasteiger partial charge on any atom is -0.366 e. The van der Waals surface area contributed by atoms with Crippen molar-refractivity contribution in [2.75, 3.05) is 17.7 Å². The Morgan fingerprint density at radius 2 is 2.33 bits per heavy atom. The molecule has 2 heterocycles. The fraction of sp³-hybridized carbons (Fsp3) is 0.333. The van der Waals surface area contributed by atoms with E-state index in [1.165, 1.54) is 4.88 Å². The monoisotopic (exact) mass is 326 g/mol. The normalized spacial score (nSPS) is 12.2. The van der Waals surface area contributed by atoms with Crippen LogP contribution in [0.5, 0.6) is 0 Å². The van der Waals surface area contributed by atoms with Gasteiger partial charge in [-0.15, -0.1) is 11.3 Å². The molecule has 2 rings (SSSR count). The molecule has 0 radical (unpaired) electrons. The summed E-state index contributed by atoms with van der Waals surface area (Å²) in [6, 6.07) is 4.54. The van der Waals surface area contributed by atoms with Gasteiger partial charge in [0.25, 0.3) is 0 Å². The highest BCUT2D eigenvalue weighted by Gasteiger charge is 2.09. The van der Waals surface area contributed by atoms with E-state index in [-0.39, 0.29) is 0 Å². The highest BCUT2D eigenvalue weighted by Crippen LogP contribution is 2.22. The number of nitrogens with zero attached hydrogens (tertiary/aromatic N) is 2. The Labute approximate surface area is 119 Å². The van der Waals surface area contributed by atoms with E-state index >= 15 is 0 Å². The molecule has 0 amide bonds. The van der Waals surface area contributed by atoms with Crippen molar-refractivity contribution in [2.45, 2.75) is 19.4 Å². The minimum absolute atomic E-state index is 0.319. The molecule has 0 saturated heterocycles. The zero-order valence-corrected chi connectivity index (χ0v) is 12.7. The van der Waals surface area contributed by atoms with Crippen LogP contribution >= 0.6 is 27.3 Å². The first-order chi connectivity index (χ1) is 8.69. The molecule has 2 N–H and O–H groups in total. The van der Waals surface area contributed by atoms with E-state index in [2.05, 4.69) is 61.0 Å². The number of aromatic nitrogens is 2. The van der Waals surface area contributed by atoms with Crippen LogP contribution in [0.3, 0.4) is 0 Å². The Balaban J connectivity index is 2.04. The predicted octanol–water partition coefficient (Wildman–Crippen LogP) is 3.39. The summed E-state index contributed by atoms with van der Waals surface area (Å²) in [6.07, 6.45) is 2.74. The van der Waals surface area contributed by atoms with Gasteiger partial charge in [-0.3, -0.25) is 0 Å². The SMILES string of the molecule is CNc1ncc(Br)c(NC(C)Cc2cccs2)n1. The van der Waals surface area contributed by atoms with Gasteiger partial charge in [-0.2, -0.15) is 4.98 Å². The number of hydrogen-bond acceptors (Lipinski definition) is 5. The lowest BCUT2D eigenvalue weighted by molar-refractivity contribution is 0.792. The van der Waals surface area contributed by atoms with Gasteiger partial charge in [-0.1, -0.05) is 6.07 Å². The number of rotatable bonds is 5. The molecule has 4 nitrogen and oxygen atoms in total. The van der Waals surface area contributed by atoms with Crippen LogP contribution in [0.1, 0.15) is 11.8 Å². The van der Waals surface area contributed by atoms with Gasteiger partial charge in [0.15, 0.2) is 0 Å². The summed E-state index contributed by atoms with van der Waals surface area (Å²) in [4.78, 5) is 9.89. The van der Waals surface area contributed by atoms with Gasteiger partial charge in [0.2, 0.25) is 5.95 Å². The van der Waals surface area contributed by atoms with Gasteiger partial charge < -0.3 is 10.6 Å². The number of anilines is 2. The summed E-state index contributed by atoms with van der Waals surface area (Å²) < 4.78 is 0.875. The third kappa shape index (κ3) is 3.43. The second-order valence-electron chi connectivity index (χ2n) is 3.97. The molecule has 0 spiro atoms. The third-order valence-corrected chi connectivity index (χ3v) is 3.92. The van der Waals surface area contributed by atoms with Crippen LogP contribution in [0, 0.1) is 0 Å². The highest BCUT2D eigenvalue weighted by molar-refractivity contribution is 9.10. The quantitative estimate of drug-likeness (QED) is 0.884. The lowest BCUT2D eigenvalue weighted by Gasteiger charge is -2.15. The third-order valence-electron chi connectivity index (χ3n) is 2.44. The second-order valence-corrected chi connectivity index (χ2v) is 5.86. The molecule has 0 bridgehead atoms. The summed E-state index contributed by atoms with van der Waals surface area (Å²) in [5.41, 5.74) is 0. The van der Waals surface area contributed by atoms with E-state index < -0.39 is 0 Å². The molecule has 0 saturated carbocycles. The van der Waals surface area contributed by atoms with Crippen molar-refractivity contribution in [1.82, 2.24) is 9.97 Å². The molecule has 1 unspecified atom stereocenters. The lowest BCUT2D eigenvalue weighted by atomic mass is 10.2. The standard InChI is InChI=1S/C12H15BrN4S/c1-8(6-9-4-3-5-18-9)16-11-10(13)7-15-12(14-2)17-11/h3-5,7-8H,6H2,1-2H3,(H2,14,15,16,17). The van der Waals surface area contributed by atoms with Crippen molar-refractivity contribution in [3.63, 3.8) is 0 Å². The number of nitrogens with one attached hydrogen (secondary N) is 2. The van der Waals surface area contributed by atoms with Gasteiger partial charge in [0.05, 0.1) is 4.47 Å². The Hall–Kier alpha value is -1.14. The smallest absolute Gasteiger partial charge is 0.224 e. The topological polar surface area (TPSA) is 49.8 Å². The molecule has 2 aromatic heterocycles. The molecular formula is C12H15BrN4S. The Bertz CT molecular complexity index is 501. The molecule has 96 valence electrons. The molecule has 1 atom stereocenters. The molecular weight excluding hydrogens is 312 g/mol. The van der Waals surface area contributed by atoms with Crippen molar-refractivity contribution in [3.05, 3.63) is 33.1 Å². The van der Waals surface area contributed by atoms with E-state index in [0.29, 0.717) is 12.0 Å². The molecule has 6 heteroatoms. The fourth-order valence-corrected chi connectivity index (χ4v) is 2.74. The van der Waals surface area contributed by atoms with Gasteiger partial charge in [-0.05, 0) is 34.3 Å². The van der Waals surface area contributed by atoms with Gasteiger partial charge in [-0.25, -0.2) is 4.98 Å². The summed E-state index contributed by atoms with van der Waals surface area (Å²) in [5, 5.41) is 8.42. The number of halogens is 1. The largest absolute Gasteiger partial charge is 0.366 e. The van der Waals surface area contributed by atoms with Crippen LogP contribution in [0.15, 0.2) is 28.2 Å². The Kier molecular flexibility index (Phi) is 4.54. The van der Waals surface area contributed by atoms with Crippen LogP contribution in [-0.2, 0) is 6.42 Å². The fourth-order valence-electron chi connectivity index (χ4n) is 1.60. The Morgan fingerprint density at radius 3 is 3.00 bits per heavy atom. The van der Waals surface area contributed by atoms with E-state index in [1.807, 2.05) is 7.05 Å². The minimum atomic E-state index is 0.319. The van der Waals surface area contributed by atoms with Gasteiger partial charge in [0, 0.05) is 30.6 Å². The lowest BCUT2D eigenvalue weighted by Crippen LogP contribution is -2.19. The van der Waals surface area contributed by atoms with Crippen LogP contribution in [0.4, 0.5) is 11.8 Å². The molecule has 0 aromatic carbocycles. The molecule has 0 aliphatic rings. The predicted molar refractivity (Wildman–Crippen MR) is 80.4 cm³/mol. The summed E-state index contributed by atoms with van der Waals surface area (Å²) >= 11 is 5.23. The Morgan fingerprint density at radius 1 is 1.50 bits per heavy atom. The van der Waals surface area contributed by atoms with Crippen LogP contribution in [-0.4, -0.2) is 23.1 Å². The maximum Gasteiger partial charge on any atom is 0.224 e. The van der Waals surface area contributed by atoms with E-state index in [1.54, 1.807) is 17.5 Å². The number of hydrogen-bond donors (Lipinski definition) is 2. The zero-order chi connectivity index (χ0) is 13.0. The number of thiophene rings is 1. The van der Waals surface area contributed by atoms with Crippen molar-refractivity contribution in [3.8, 4) is 0 Å². The van der Waals surface area contributed by atoms with Crippen molar-refractivity contribution < 1.29 is 0 Å². The first-order valence-electron chi connectivity index (χ1n) is 5.68. The maximum absolute atomic E-state index is 4.38. The molecule has 0 fully saturated rings. The van der Waals surface area contributed by atoms with E-state index in [9.17, 15) is 0 Å². The van der Waals surface area contributed by atoms with E-state index in [4.69, 9.17) is 0 Å². The molecule has 2 aromatic rings. The zero-order valence-electron chi connectivity index (χ0n) is 10.3. The first kappa shape index (κ1) is 13.3. The summed E-state index contributed by atoms with van der Waals surface area (Å²) in [7, 11) is 1.81. The van der Waals surface area contributed by atoms with Crippen molar-refractivity contribution >= 4 is 39.0 Å². The first-order valence-corrected chi connectivity index (χ1v) is 7.35. The van der Waals surface area contributed by atoms with Crippen LogP contribution < -0.4 is 10.6 Å². The van der Waals surface area contributed by atoms with Crippen molar-refractivity contribution in [1.29, 1.82) is 0 Å². The summed E-state index contributed by atoms with van der Waals surface area (Å²) in [5.74, 6) is 1.43. The average Bonchev–Trinajstić information content (AvgIpc) is 2.84. The molecule has 18 heavy (non-hydrogen) atoms. The van der Waals surface area contributed by atoms with Crippen molar-refractivity contribution in [2.24, 2.45) is 0 Å². The summed E-state index contributed by atoms with van der Waals surface area (Å²) in [6.45, 7) is 2.15. The highest BCUT2D eigenvalue weighted by atomic mass is 79.9. The van der Waals surface area contributed by atoms with E-state index in [0.717, 1.165) is 16.7 Å². The molecule has 0 aliphatic carbocycles. The average molecular weight is 327 g/mol.